The highest BCUT2D eigenvalue weighted by Gasteiger charge is 2.21. The van der Waals surface area contributed by atoms with Gasteiger partial charge in [0.1, 0.15) is 28.8 Å². The molecule has 11 aromatic rings. The number of aromatic carboxylic acids is 6. The third-order valence-electron chi connectivity index (χ3n) is 19.6. The Morgan fingerprint density at radius 1 is 0.403 bits per heavy atom. The van der Waals surface area contributed by atoms with E-state index >= 15 is 0 Å². The molecule has 1 aromatic heterocycles. The van der Waals surface area contributed by atoms with Crippen molar-refractivity contribution in [3.8, 4) is 34.4 Å². The molecule has 0 aliphatic carbocycles. The molecule has 0 atom stereocenters. The van der Waals surface area contributed by atoms with Gasteiger partial charge in [-0.2, -0.15) is 18.8 Å². The summed E-state index contributed by atoms with van der Waals surface area (Å²) in [6.45, 7) is 42.6. The van der Waals surface area contributed by atoms with Crippen LogP contribution in [0.25, 0.3) is 11.4 Å². The van der Waals surface area contributed by atoms with E-state index in [4.69, 9.17) is 56.9 Å². The Labute approximate surface area is 796 Å². The zero-order chi connectivity index (χ0) is 101. The number of rotatable bonds is 25. The molecule has 0 saturated carbocycles. The first kappa shape index (κ1) is 119. The first-order chi connectivity index (χ1) is 62.1. The standard InChI is InChI=1S/C11H14O4S.2C11H14O3.C11H16.C10H11ClO2.C10H11FO2.C10H12N4.C10H15NO3S.C10H12O2.C10H14O.CH4/c1-7(2)9-5-4-8(16(3,14)15)6-10(9)11(12)13;2*1-7(2)9-5-4-8(14-3)6-10(9)11(12)13;1-9(2)8-11-7-5-4-6-10(11)3;2*1-6(2)8-4-3-7(11)5-9(8)10(12)13;1-7(2)8-5-3-4-6-9(8)10-11-13-14-12-10;1-8(2)7-9-5-3-4-6-10(9)14-15(11,12)13;1-7(2)8-5-3-4-6-9(8)10(11)12;1-8(2)7-9-5-3-4-6-10(9)11;/h4-7H,1-3H3,(H,12,13);2*4-7H,1-3H3,(H,12,13);4-7,9H,8H2,1-3H3;2*3-6H,1-2H3,(H,12,13);3-7H,1-2H3,(H,11,12,13,14);3-6,8H,7H2,1-2H3,(H2,11,12,13);3-7H,1-2H3,(H,11,12);3-6,8,11H,7H2,1-2H3;1H4. The van der Waals surface area contributed by atoms with E-state index in [0.717, 1.165) is 70.0 Å². The lowest BCUT2D eigenvalue weighted by Crippen LogP contribution is -2.19. The molecule has 1 heterocycles. The lowest BCUT2D eigenvalue weighted by atomic mass is 9.97. The number of halogens is 2. The highest BCUT2D eigenvalue weighted by molar-refractivity contribution is 7.90. The number of phenolic OH excluding ortho intramolecular Hbond substituents is 1. The summed E-state index contributed by atoms with van der Waals surface area (Å²) >= 11 is 5.70. The molecule has 0 saturated heterocycles. The monoisotopic (exact) mass is 1910 g/mol. The molecular formula is C105H137ClFN5O20S2. The number of phenols is 1. The van der Waals surface area contributed by atoms with Gasteiger partial charge in [-0.25, -0.2) is 41.6 Å². The van der Waals surface area contributed by atoms with Gasteiger partial charge < -0.3 is 49.4 Å². The van der Waals surface area contributed by atoms with Crippen LogP contribution in [0.5, 0.6) is 23.0 Å². The number of ether oxygens (including phenoxy) is 2. The fourth-order valence-electron chi connectivity index (χ4n) is 13.0. The number of para-hydroxylation sites is 2. The minimum atomic E-state index is -3.94. The van der Waals surface area contributed by atoms with Crippen LogP contribution >= 0.6 is 11.6 Å². The topological polar surface area (TPSA) is 420 Å². The average Bonchev–Trinajstić information content (AvgIpc) is 0.966. The summed E-state index contributed by atoms with van der Waals surface area (Å²) in [4.78, 5) is 65.2. The summed E-state index contributed by atoms with van der Waals surface area (Å²) in [7, 11) is -4.25. The first-order valence-corrected chi connectivity index (χ1v) is 47.0. The Hall–Kier alpha value is -12.6. The Morgan fingerprint density at radius 3 is 1.13 bits per heavy atom. The number of aryl methyl sites for hydroxylation is 1. The fraction of sp³-hybridized carbons (Fsp3) is 0.362. The normalized spacial score (nSPS) is 10.7. The smallest absolute Gasteiger partial charge is 0.380 e. The summed E-state index contributed by atoms with van der Waals surface area (Å²) in [5.41, 5.74) is 13.2. The van der Waals surface area contributed by atoms with Crippen LogP contribution in [0.3, 0.4) is 0 Å². The summed E-state index contributed by atoms with van der Waals surface area (Å²) in [5.74, 6) is -0.502. The SMILES string of the molecule is C.CC(C)Cc1ccccc1O.CC(C)Cc1ccccc1OS(N)(=O)=O.CC(C)c1ccc(Cl)cc1C(=O)O.CC(C)c1ccc(F)cc1C(=O)O.CC(C)c1ccc(S(C)(=O)=O)cc1C(=O)O.CC(C)c1ccccc1-c1nn[nH]n1.CC(C)c1ccccc1C(=O)O.COc1ccc(C(C)C)c(C(=O)O)c1.COc1ccc(C(C)C)c(C(=O)O)c1.Cc1ccccc1CC(C)C. The van der Waals surface area contributed by atoms with E-state index in [1.165, 1.54) is 67.7 Å². The van der Waals surface area contributed by atoms with Gasteiger partial charge in [-0.1, -0.05) is 291 Å². The summed E-state index contributed by atoms with van der Waals surface area (Å²) in [6, 6.07) is 61.6. The molecule has 728 valence electrons. The second-order valence-electron chi connectivity index (χ2n) is 34.2. The number of nitrogens with zero attached hydrogens (tertiary/aromatic N) is 3. The predicted octanol–water partition coefficient (Wildman–Crippen LogP) is 25.1. The van der Waals surface area contributed by atoms with E-state index in [2.05, 4.69) is 104 Å². The number of aromatic nitrogens is 4. The van der Waals surface area contributed by atoms with Crippen LogP contribution in [-0.2, 0) is 39.4 Å². The van der Waals surface area contributed by atoms with Crippen molar-refractivity contribution in [3.63, 3.8) is 0 Å². The van der Waals surface area contributed by atoms with Gasteiger partial charge in [0.15, 0.2) is 9.84 Å². The highest BCUT2D eigenvalue weighted by Crippen LogP contribution is 2.31. The van der Waals surface area contributed by atoms with Crippen molar-refractivity contribution < 1.29 is 99.4 Å². The average molecular weight is 1910 g/mol. The molecule has 0 aliphatic rings. The minimum absolute atomic E-state index is 0. The molecular weight excluding hydrogens is 1770 g/mol. The van der Waals surface area contributed by atoms with Crippen LogP contribution < -0.4 is 18.8 Å². The second kappa shape index (κ2) is 59.1. The molecule has 10 N–H and O–H groups in total. The van der Waals surface area contributed by atoms with Gasteiger partial charge in [-0.15, -0.1) is 10.2 Å². The molecule has 0 bridgehead atoms. The zero-order valence-corrected chi connectivity index (χ0v) is 82.9. The molecule has 29 heteroatoms. The van der Waals surface area contributed by atoms with E-state index in [-0.39, 0.29) is 59.0 Å². The largest absolute Gasteiger partial charge is 0.508 e. The number of carboxylic acid groups (broad SMARTS) is 6. The van der Waals surface area contributed by atoms with Crippen LogP contribution in [0, 0.1) is 30.5 Å². The number of carbonyl (C=O) groups is 6. The number of nitrogens with two attached hydrogens (primary N) is 1. The van der Waals surface area contributed by atoms with Crippen molar-refractivity contribution in [2.75, 3.05) is 20.5 Å². The van der Waals surface area contributed by atoms with Crippen molar-refractivity contribution in [1.82, 2.24) is 20.6 Å². The van der Waals surface area contributed by atoms with Crippen LogP contribution in [0.1, 0.15) is 311 Å². The summed E-state index contributed by atoms with van der Waals surface area (Å²) in [6.07, 6.45) is 3.97. The van der Waals surface area contributed by atoms with Crippen LogP contribution in [-0.4, -0.2) is 129 Å². The molecule has 0 fully saturated rings. The van der Waals surface area contributed by atoms with Crippen molar-refractivity contribution in [2.24, 2.45) is 22.9 Å². The zero-order valence-electron chi connectivity index (χ0n) is 80.5. The number of tetrazole rings is 1. The maximum Gasteiger partial charge on any atom is 0.380 e. The first-order valence-electron chi connectivity index (χ1n) is 43.3. The van der Waals surface area contributed by atoms with Gasteiger partial charge in [-0.05, 0) is 231 Å². The van der Waals surface area contributed by atoms with Crippen molar-refractivity contribution >= 4 is 67.6 Å². The number of nitrogens with one attached hydrogen (secondary N) is 1. The molecule has 0 amide bonds. The molecule has 0 unspecified atom stereocenters. The Balaban J connectivity index is 0.000000745. The van der Waals surface area contributed by atoms with Gasteiger partial charge >= 0.3 is 46.1 Å². The predicted molar refractivity (Wildman–Crippen MR) is 532 cm³/mol. The lowest BCUT2D eigenvalue weighted by molar-refractivity contribution is 0.0684. The molecule has 0 radical (unpaired) electrons. The number of sulfone groups is 1. The van der Waals surface area contributed by atoms with Crippen molar-refractivity contribution in [3.05, 3.63) is 318 Å². The number of hydrogen-bond donors (Lipinski definition) is 9. The second-order valence-corrected chi connectivity index (χ2v) is 37.9. The van der Waals surface area contributed by atoms with E-state index in [9.17, 15) is 55.1 Å². The van der Waals surface area contributed by atoms with E-state index in [1.807, 2.05) is 158 Å². The Bertz CT molecular complexity index is 5590. The maximum atomic E-state index is 12.7. The number of H-pyrrole nitrogens is 1. The summed E-state index contributed by atoms with van der Waals surface area (Å²) in [5, 5.41) is 82.1. The molecule has 25 nitrogen and oxygen atoms in total. The maximum absolute atomic E-state index is 12.7. The number of benzene rings is 10. The third kappa shape index (κ3) is 42.9. The van der Waals surface area contributed by atoms with Crippen molar-refractivity contribution in [2.45, 2.75) is 218 Å². The quantitative estimate of drug-likeness (QED) is 0.0257. The van der Waals surface area contributed by atoms with Gasteiger partial charge in [0.25, 0.3) is 0 Å². The lowest BCUT2D eigenvalue weighted by Gasteiger charge is -2.10. The molecule has 10 aromatic carbocycles. The number of aromatic hydroxyl groups is 1. The van der Waals surface area contributed by atoms with E-state index in [0.29, 0.717) is 85.0 Å². The fourth-order valence-corrected chi connectivity index (χ4v) is 14.2. The van der Waals surface area contributed by atoms with E-state index < -0.39 is 61.8 Å². The summed E-state index contributed by atoms with van der Waals surface area (Å²) < 4.78 is 71.5. The highest BCUT2D eigenvalue weighted by atomic mass is 35.5. The number of aromatic amines is 1. The molecule has 11 rings (SSSR count). The van der Waals surface area contributed by atoms with Gasteiger partial charge in [-0.3, -0.25) is 0 Å². The van der Waals surface area contributed by atoms with Gasteiger partial charge in [0.05, 0.1) is 52.5 Å². The Morgan fingerprint density at radius 2 is 0.739 bits per heavy atom. The van der Waals surface area contributed by atoms with Crippen LogP contribution in [0.4, 0.5) is 4.39 Å². The van der Waals surface area contributed by atoms with Crippen LogP contribution in [0.15, 0.2) is 217 Å². The minimum Gasteiger partial charge on any atom is -0.508 e. The molecule has 0 aliphatic heterocycles. The van der Waals surface area contributed by atoms with Crippen LogP contribution in [0.2, 0.25) is 5.02 Å². The van der Waals surface area contributed by atoms with E-state index in [1.54, 1.807) is 84.9 Å². The van der Waals surface area contributed by atoms with Gasteiger partial charge in [0, 0.05) is 16.8 Å². The molecule has 0 spiro atoms. The Kier molecular flexibility index (Phi) is 52.6. The third-order valence-corrected chi connectivity index (χ3v) is 21.3. The molecule has 134 heavy (non-hydrogen) atoms. The van der Waals surface area contributed by atoms with Gasteiger partial charge in [0.2, 0.25) is 5.82 Å². The van der Waals surface area contributed by atoms with Crippen molar-refractivity contribution in [1.29, 1.82) is 0 Å². The number of methoxy groups -OCH3 is 2. The number of carboxylic acids is 6. The number of hydrogen-bond acceptors (Lipinski definition) is 17.